The second kappa shape index (κ2) is 4.07. The van der Waals surface area contributed by atoms with E-state index in [9.17, 15) is 23.3 Å². The van der Waals surface area contributed by atoms with Gasteiger partial charge < -0.3 is 4.57 Å². The van der Waals surface area contributed by atoms with E-state index in [1.165, 1.54) is 10.6 Å². The van der Waals surface area contributed by atoms with Crippen LogP contribution in [-0.4, -0.2) is 14.5 Å². The normalized spacial score (nSPS) is 12.1. The van der Waals surface area contributed by atoms with E-state index in [0.29, 0.717) is 9.90 Å². The van der Waals surface area contributed by atoms with Gasteiger partial charge in [-0.05, 0) is 28.7 Å². The Kier molecular flexibility index (Phi) is 2.95. The van der Waals surface area contributed by atoms with Crippen molar-refractivity contribution in [3.63, 3.8) is 0 Å². The summed E-state index contributed by atoms with van der Waals surface area (Å²) < 4.78 is 40.8. The molecule has 0 saturated carbocycles. The summed E-state index contributed by atoms with van der Waals surface area (Å²) in [4.78, 5) is 13.3. The highest BCUT2D eigenvalue weighted by Crippen LogP contribution is 2.40. The highest BCUT2D eigenvalue weighted by atomic mass is 127. The van der Waals surface area contributed by atoms with Gasteiger partial charge in [0.1, 0.15) is 17.4 Å². The lowest BCUT2D eigenvalue weighted by atomic mass is 10.1. The number of aryl methyl sites for hydroxylation is 1. The Morgan fingerprint density at radius 2 is 2.11 bits per heavy atom. The number of hydrogen-bond donors (Lipinski definition) is 0. The van der Waals surface area contributed by atoms with Gasteiger partial charge >= 0.3 is 11.9 Å². The Hall–Kier alpha value is -1.39. The summed E-state index contributed by atoms with van der Waals surface area (Å²) in [5.41, 5.74) is -2.22. The molecule has 0 aliphatic heterocycles. The Labute approximate surface area is 112 Å². The Bertz CT molecular complexity index is 651. The second-order valence-electron chi connectivity index (χ2n) is 3.54. The molecular weight excluding hydrogens is 366 g/mol. The van der Waals surface area contributed by atoms with Crippen LogP contribution in [0.25, 0.3) is 11.0 Å². The van der Waals surface area contributed by atoms with Crippen LogP contribution in [0.3, 0.4) is 0 Å². The maximum absolute atomic E-state index is 12.9. The van der Waals surface area contributed by atoms with Gasteiger partial charge in [0.2, 0.25) is 0 Å². The van der Waals surface area contributed by atoms with Gasteiger partial charge in [-0.15, -0.1) is 0 Å². The molecular formula is C9H5F3IN3O2. The quantitative estimate of drug-likeness (QED) is 0.440. The van der Waals surface area contributed by atoms with E-state index in [1.807, 2.05) is 22.6 Å². The molecule has 0 unspecified atom stereocenters. The van der Waals surface area contributed by atoms with Crippen molar-refractivity contribution < 1.29 is 18.1 Å². The van der Waals surface area contributed by atoms with E-state index < -0.39 is 22.4 Å². The minimum absolute atomic E-state index is 0.0670. The van der Waals surface area contributed by atoms with Crippen LogP contribution in [0.4, 0.5) is 18.9 Å². The summed E-state index contributed by atoms with van der Waals surface area (Å²) in [6, 6.07) is 1.23. The average molecular weight is 371 g/mol. The van der Waals surface area contributed by atoms with E-state index in [0.717, 1.165) is 0 Å². The lowest BCUT2D eigenvalue weighted by Crippen LogP contribution is -2.10. The maximum Gasteiger partial charge on any atom is 0.423 e. The average Bonchev–Trinajstić information content (AvgIpc) is 2.52. The molecule has 0 saturated heterocycles. The molecule has 0 fully saturated rings. The first kappa shape index (κ1) is 13.1. The SMILES string of the molecule is Cn1c(I)cc2c(C(F)(F)F)c([N+](=O)[O-])cnc21. The molecule has 96 valence electrons. The molecule has 0 radical (unpaired) electrons. The number of pyridine rings is 1. The lowest BCUT2D eigenvalue weighted by molar-refractivity contribution is -0.388. The summed E-state index contributed by atoms with van der Waals surface area (Å²) >= 11 is 1.84. The second-order valence-corrected chi connectivity index (χ2v) is 4.64. The molecule has 0 aliphatic carbocycles. The number of nitro groups is 1. The molecule has 0 aliphatic rings. The van der Waals surface area contributed by atoms with Crippen molar-refractivity contribution in [1.29, 1.82) is 0 Å². The Morgan fingerprint density at radius 3 is 2.61 bits per heavy atom. The van der Waals surface area contributed by atoms with Crippen molar-refractivity contribution in [1.82, 2.24) is 9.55 Å². The molecule has 2 rings (SSSR count). The predicted molar refractivity (Wildman–Crippen MR) is 65.1 cm³/mol. The molecule has 5 nitrogen and oxygen atoms in total. The summed E-state index contributed by atoms with van der Waals surface area (Å²) in [6.45, 7) is 0. The molecule has 0 atom stereocenters. The zero-order chi connectivity index (χ0) is 13.7. The van der Waals surface area contributed by atoms with Crippen LogP contribution >= 0.6 is 22.6 Å². The third-order valence-corrected chi connectivity index (χ3v) is 3.49. The fraction of sp³-hybridized carbons (Fsp3) is 0.222. The number of alkyl halides is 3. The lowest BCUT2D eigenvalue weighted by Gasteiger charge is -2.08. The molecule has 0 aromatic carbocycles. The van der Waals surface area contributed by atoms with Crippen molar-refractivity contribution in [2.75, 3.05) is 0 Å². The van der Waals surface area contributed by atoms with Crippen LogP contribution < -0.4 is 0 Å². The van der Waals surface area contributed by atoms with E-state index in [4.69, 9.17) is 0 Å². The number of nitrogens with zero attached hydrogens (tertiary/aromatic N) is 3. The van der Waals surface area contributed by atoms with Crippen LogP contribution in [-0.2, 0) is 13.2 Å². The molecule has 9 heteroatoms. The minimum atomic E-state index is -4.80. The van der Waals surface area contributed by atoms with Gasteiger partial charge in [0, 0.05) is 12.4 Å². The van der Waals surface area contributed by atoms with Crippen molar-refractivity contribution in [2.24, 2.45) is 7.05 Å². The van der Waals surface area contributed by atoms with Gasteiger partial charge in [-0.3, -0.25) is 10.1 Å². The van der Waals surface area contributed by atoms with Crippen LogP contribution in [0.15, 0.2) is 12.3 Å². The molecule has 0 bridgehead atoms. The van der Waals surface area contributed by atoms with Crippen LogP contribution in [0, 0.1) is 13.8 Å². The molecule has 18 heavy (non-hydrogen) atoms. The summed E-state index contributed by atoms with van der Waals surface area (Å²) in [5, 5.41) is 10.4. The summed E-state index contributed by atoms with van der Waals surface area (Å²) in [6.07, 6.45) is -4.16. The van der Waals surface area contributed by atoms with Crippen LogP contribution in [0.1, 0.15) is 5.56 Å². The summed E-state index contributed by atoms with van der Waals surface area (Å²) in [7, 11) is 1.54. The van der Waals surface area contributed by atoms with E-state index >= 15 is 0 Å². The number of hydrogen-bond acceptors (Lipinski definition) is 3. The number of rotatable bonds is 1. The van der Waals surface area contributed by atoms with Gasteiger partial charge in [0.25, 0.3) is 0 Å². The topological polar surface area (TPSA) is 61.0 Å². The van der Waals surface area contributed by atoms with Gasteiger partial charge in [0.05, 0.1) is 8.62 Å². The smallest absolute Gasteiger partial charge is 0.324 e. The third kappa shape index (κ3) is 1.91. The number of fused-ring (bicyclic) bond motifs is 1. The molecule has 2 aromatic heterocycles. The van der Waals surface area contributed by atoms with Crippen LogP contribution in [0.2, 0.25) is 0 Å². The van der Waals surface area contributed by atoms with Crippen molar-refractivity contribution in [2.45, 2.75) is 6.18 Å². The fourth-order valence-electron chi connectivity index (χ4n) is 1.66. The minimum Gasteiger partial charge on any atom is -0.324 e. The summed E-state index contributed by atoms with van der Waals surface area (Å²) in [5.74, 6) is 0. The fourth-order valence-corrected chi connectivity index (χ4v) is 2.20. The molecule has 0 amide bonds. The van der Waals surface area contributed by atoms with Gasteiger partial charge in [-0.25, -0.2) is 4.98 Å². The maximum atomic E-state index is 12.9. The largest absolute Gasteiger partial charge is 0.423 e. The van der Waals surface area contributed by atoms with E-state index in [2.05, 4.69) is 4.98 Å². The van der Waals surface area contributed by atoms with Crippen molar-refractivity contribution in [3.05, 3.63) is 31.6 Å². The highest BCUT2D eigenvalue weighted by Gasteiger charge is 2.41. The van der Waals surface area contributed by atoms with Crippen molar-refractivity contribution in [3.8, 4) is 0 Å². The van der Waals surface area contributed by atoms with Gasteiger partial charge in [0.15, 0.2) is 0 Å². The first-order chi connectivity index (χ1) is 8.23. The van der Waals surface area contributed by atoms with Gasteiger partial charge in [-0.2, -0.15) is 13.2 Å². The Balaban J connectivity index is 2.95. The Morgan fingerprint density at radius 1 is 1.50 bits per heavy atom. The first-order valence-corrected chi connectivity index (χ1v) is 5.67. The van der Waals surface area contributed by atoms with Crippen molar-refractivity contribution >= 4 is 39.3 Å². The first-order valence-electron chi connectivity index (χ1n) is 4.59. The monoisotopic (exact) mass is 371 g/mol. The third-order valence-electron chi connectivity index (χ3n) is 2.46. The molecule has 2 aromatic rings. The number of aromatic nitrogens is 2. The standard InChI is InChI=1S/C9H5F3IN3O2/c1-15-6(13)2-4-7(9(10,11)12)5(16(17)18)3-14-8(4)15/h2-3H,1H3. The highest BCUT2D eigenvalue weighted by molar-refractivity contribution is 14.1. The zero-order valence-corrected chi connectivity index (χ0v) is 11.0. The molecule has 2 heterocycles. The zero-order valence-electron chi connectivity index (χ0n) is 8.82. The predicted octanol–water partition coefficient (Wildman–Crippen LogP) is 3.10. The number of halogens is 4. The van der Waals surface area contributed by atoms with E-state index in [1.54, 1.807) is 7.05 Å². The molecule has 0 N–H and O–H groups in total. The van der Waals surface area contributed by atoms with Gasteiger partial charge in [-0.1, -0.05) is 0 Å². The van der Waals surface area contributed by atoms with Crippen LogP contribution in [0.5, 0.6) is 0 Å². The molecule has 0 spiro atoms. The van der Waals surface area contributed by atoms with E-state index in [-0.39, 0.29) is 11.0 Å².